The van der Waals surface area contributed by atoms with Crippen molar-refractivity contribution in [2.24, 2.45) is 4.99 Å². The number of aliphatic hydroxyl groups is 1. The maximum absolute atomic E-state index is 10.5. The van der Waals surface area contributed by atoms with Crippen LogP contribution in [0.1, 0.15) is 31.1 Å². The third-order valence-electron chi connectivity index (χ3n) is 4.24. The quantitative estimate of drug-likeness (QED) is 0.512. The summed E-state index contributed by atoms with van der Waals surface area (Å²) in [6, 6.07) is 15.5. The molecule has 2 N–H and O–H groups in total. The lowest BCUT2D eigenvalue weighted by molar-refractivity contribution is 0.186. The van der Waals surface area contributed by atoms with Gasteiger partial charge in [0, 0.05) is 20.1 Å². The van der Waals surface area contributed by atoms with Crippen LogP contribution in [0.3, 0.4) is 0 Å². The second-order valence-electron chi connectivity index (χ2n) is 6.42. The number of benzene rings is 2. The zero-order valence-electron chi connectivity index (χ0n) is 17.2. The highest BCUT2D eigenvalue weighted by molar-refractivity contribution is 5.79. The van der Waals surface area contributed by atoms with Gasteiger partial charge in [0.05, 0.1) is 26.4 Å². The largest absolute Gasteiger partial charge is 0.497 e. The average molecular weight is 386 g/mol. The van der Waals surface area contributed by atoms with Crippen molar-refractivity contribution in [2.75, 3.05) is 33.9 Å². The van der Waals surface area contributed by atoms with Crippen molar-refractivity contribution in [3.05, 3.63) is 59.7 Å². The number of aliphatic imine (C=N–C) groups is 1. The predicted octanol–water partition coefficient (Wildman–Crippen LogP) is 3.22. The lowest BCUT2D eigenvalue weighted by Crippen LogP contribution is -2.38. The SMILES string of the molecule is CCNC(=NCC(O)c1cccc(OC)c1)N(C)Cc1ccc(OCC)cc1. The van der Waals surface area contributed by atoms with Crippen LogP contribution >= 0.6 is 0 Å². The summed E-state index contributed by atoms with van der Waals surface area (Å²) < 4.78 is 10.7. The minimum atomic E-state index is -0.692. The Morgan fingerprint density at radius 3 is 2.54 bits per heavy atom. The van der Waals surface area contributed by atoms with Gasteiger partial charge in [0.25, 0.3) is 0 Å². The van der Waals surface area contributed by atoms with E-state index in [1.807, 2.05) is 62.2 Å². The van der Waals surface area contributed by atoms with Gasteiger partial charge in [-0.1, -0.05) is 24.3 Å². The molecule has 0 spiro atoms. The van der Waals surface area contributed by atoms with Gasteiger partial charge in [-0.05, 0) is 49.2 Å². The lowest BCUT2D eigenvalue weighted by atomic mass is 10.1. The van der Waals surface area contributed by atoms with Crippen molar-refractivity contribution >= 4 is 5.96 Å². The number of rotatable bonds is 9. The number of guanidine groups is 1. The second-order valence-corrected chi connectivity index (χ2v) is 6.42. The van der Waals surface area contributed by atoms with E-state index in [1.165, 1.54) is 0 Å². The van der Waals surface area contributed by atoms with E-state index < -0.39 is 6.10 Å². The van der Waals surface area contributed by atoms with E-state index in [2.05, 4.69) is 22.4 Å². The molecule has 2 aromatic carbocycles. The van der Waals surface area contributed by atoms with Crippen molar-refractivity contribution in [2.45, 2.75) is 26.5 Å². The van der Waals surface area contributed by atoms with Crippen LogP contribution < -0.4 is 14.8 Å². The summed E-state index contributed by atoms with van der Waals surface area (Å²) >= 11 is 0. The van der Waals surface area contributed by atoms with Gasteiger partial charge >= 0.3 is 0 Å². The normalized spacial score (nSPS) is 12.4. The van der Waals surface area contributed by atoms with Crippen LogP contribution in [0.4, 0.5) is 0 Å². The first-order valence-corrected chi connectivity index (χ1v) is 9.60. The Hall–Kier alpha value is -2.73. The van der Waals surface area contributed by atoms with Crippen LogP contribution in [0.25, 0.3) is 0 Å². The van der Waals surface area contributed by atoms with Crippen molar-refractivity contribution < 1.29 is 14.6 Å². The Kier molecular flexibility index (Phi) is 8.62. The Morgan fingerprint density at radius 1 is 1.14 bits per heavy atom. The molecule has 2 rings (SSSR count). The molecule has 0 fully saturated rings. The number of nitrogens with zero attached hydrogens (tertiary/aromatic N) is 2. The van der Waals surface area contributed by atoms with Crippen molar-refractivity contribution in [3.8, 4) is 11.5 Å². The zero-order valence-corrected chi connectivity index (χ0v) is 17.2. The monoisotopic (exact) mass is 385 g/mol. The van der Waals surface area contributed by atoms with Crippen molar-refractivity contribution in [3.63, 3.8) is 0 Å². The van der Waals surface area contributed by atoms with Gasteiger partial charge in [-0.25, -0.2) is 0 Å². The van der Waals surface area contributed by atoms with E-state index in [0.29, 0.717) is 13.2 Å². The van der Waals surface area contributed by atoms with Crippen LogP contribution in [-0.2, 0) is 6.54 Å². The number of aliphatic hydroxyl groups excluding tert-OH is 1. The first-order valence-electron chi connectivity index (χ1n) is 9.60. The topological polar surface area (TPSA) is 66.3 Å². The summed E-state index contributed by atoms with van der Waals surface area (Å²) in [5.41, 5.74) is 1.94. The van der Waals surface area contributed by atoms with Gasteiger partial charge in [0.15, 0.2) is 5.96 Å². The number of methoxy groups -OCH3 is 1. The van der Waals surface area contributed by atoms with E-state index in [0.717, 1.165) is 35.1 Å². The number of hydrogen-bond donors (Lipinski definition) is 2. The van der Waals surface area contributed by atoms with Crippen molar-refractivity contribution in [1.29, 1.82) is 0 Å². The molecule has 0 aliphatic rings. The molecule has 6 heteroatoms. The molecule has 0 aliphatic carbocycles. The molecule has 6 nitrogen and oxygen atoms in total. The van der Waals surface area contributed by atoms with E-state index in [-0.39, 0.29) is 6.54 Å². The Labute approximate surface area is 167 Å². The zero-order chi connectivity index (χ0) is 20.4. The minimum absolute atomic E-state index is 0.267. The summed E-state index contributed by atoms with van der Waals surface area (Å²) in [4.78, 5) is 6.64. The van der Waals surface area contributed by atoms with Crippen LogP contribution in [0.5, 0.6) is 11.5 Å². The van der Waals surface area contributed by atoms with Crippen LogP contribution in [0, 0.1) is 0 Å². The van der Waals surface area contributed by atoms with Gasteiger partial charge in [0.1, 0.15) is 11.5 Å². The van der Waals surface area contributed by atoms with Gasteiger partial charge < -0.3 is 24.8 Å². The maximum Gasteiger partial charge on any atom is 0.194 e. The predicted molar refractivity (Wildman–Crippen MR) is 113 cm³/mol. The smallest absolute Gasteiger partial charge is 0.194 e. The van der Waals surface area contributed by atoms with Crippen molar-refractivity contribution in [1.82, 2.24) is 10.2 Å². The van der Waals surface area contributed by atoms with Gasteiger partial charge in [0.2, 0.25) is 0 Å². The highest BCUT2D eigenvalue weighted by Crippen LogP contribution is 2.19. The molecule has 0 saturated heterocycles. The molecule has 1 atom stereocenters. The van der Waals surface area contributed by atoms with Crippen LogP contribution in [0.2, 0.25) is 0 Å². The van der Waals surface area contributed by atoms with E-state index >= 15 is 0 Å². The second kappa shape index (κ2) is 11.2. The van der Waals surface area contributed by atoms with Crippen LogP contribution in [0.15, 0.2) is 53.5 Å². The van der Waals surface area contributed by atoms with Gasteiger partial charge in [-0.3, -0.25) is 4.99 Å². The molecule has 152 valence electrons. The Morgan fingerprint density at radius 2 is 1.89 bits per heavy atom. The van der Waals surface area contributed by atoms with Crippen LogP contribution in [-0.4, -0.2) is 49.8 Å². The summed E-state index contributed by atoms with van der Waals surface area (Å²) in [6.45, 7) is 6.38. The summed E-state index contributed by atoms with van der Waals surface area (Å²) in [6.07, 6.45) is -0.692. The maximum atomic E-state index is 10.5. The van der Waals surface area contributed by atoms with Gasteiger partial charge in [-0.15, -0.1) is 0 Å². The molecule has 0 saturated carbocycles. The molecule has 2 aromatic rings. The van der Waals surface area contributed by atoms with E-state index in [4.69, 9.17) is 9.47 Å². The number of nitrogens with one attached hydrogen (secondary N) is 1. The molecule has 0 aliphatic heterocycles. The first kappa shape index (κ1) is 21.6. The molecule has 0 radical (unpaired) electrons. The standard InChI is InChI=1S/C22H31N3O3/c1-5-23-22(24-15-21(26)18-8-7-9-20(14-18)27-4)25(3)16-17-10-12-19(13-11-17)28-6-2/h7-14,21,26H,5-6,15-16H2,1-4H3,(H,23,24). The molecular formula is C22H31N3O3. The fourth-order valence-electron chi connectivity index (χ4n) is 2.80. The molecule has 28 heavy (non-hydrogen) atoms. The lowest BCUT2D eigenvalue weighted by Gasteiger charge is -2.23. The van der Waals surface area contributed by atoms with Gasteiger partial charge in [-0.2, -0.15) is 0 Å². The minimum Gasteiger partial charge on any atom is -0.497 e. The van der Waals surface area contributed by atoms with E-state index in [1.54, 1.807) is 7.11 Å². The fourth-order valence-corrected chi connectivity index (χ4v) is 2.80. The number of hydrogen-bond acceptors (Lipinski definition) is 4. The third kappa shape index (κ3) is 6.46. The highest BCUT2D eigenvalue weighted by atomic mass is 16.5. The molecule has 1 unspecified atom stereocenters. The Balaban J connectivity index is 2.03. The molecule has 0 bridgehead atoms. The summed E-state index contributed by atoms with van der Waals surface area (Å²) in [5.74, 6) is 2.34. The first-order chi connectivity index (χ1) is 13.6. The Bertz CT molecular complexity index is 747. The number of ether oxygens (including phenoxy) is 2. The average Bonchev–Trinajstić information content (AvgIpc) is 2.72. The molecule has 0 heterocycles. The summed E-state index contributed by atoms with van der Waals surface area (Å²) in [5, 5.41) is 13.8. The molecule has 0 aromatic heterocycles. The molecular weight excluding hydrogens is 354 g/mol. The molecule has 0 amide bonds. The fraction of sp³-hybridized carbons (Fsp3) is 0.409. The van der Waals surface area contributed by atoms with E-state index in [9.17, 15) is 5.11 Å². The summed E-state index contributed by atoms with van der Waals surface area (Å²) in [7, 11) is 3.60. The third-order valence-corrected chi connectivity index (χ3v) is 4.24. The highest BCUT2D eigenvalue weighted by Gasteiger charge is 2.11.